The van der Waals surface area contributed by atoms with Crippen molar-refractivity contribution in [1.29, 1.82) is 0 Å². The van der Waals surface area contributed by atoms with Crippen LogP contribution in [0.4, 0.5) is 5.69 Å². The topological polar surface area (TPSA) is 85.1 Å². The average Bonchev–Trinajstić information content (AvgIpc) is 2.40. The number of halogens is 1. The maximum atomic E-state index is 11.9. The Kier molecular flexibility index (Phi) is 3.91. The second kappa shape index (κ2) is 5.62. The van der Waals surface area contributed by atoms with Crippen molar-refractivity contribution in [1.82, 2.24) is 4.98 Å². The molecule has 1 aromatic carbocycles. The standard InChI is InChI=1S/C13H10BrN3O2/c14-11-6-3-9(7-16-11)13(19)17-10-4-1-8(2-5-10)12(15)18/h1-7H,(H2,15,18)(H,17,19). The summed E-state index contributed by atoms with van der Waals surface area (Å²) in [5.74, 6) is -0.776. The number of carbonyl (C=O) groups excluding carboxylic acids is 2. The van der Waals surface area contributed by atoms with Crippen LogP contribution in [0.2, 0.25) is 0 Å². The van der Waals surface area contributed by atoms with Crippen LogP contribution in [0.3, 0.4) is 0 Å². The number of anilines is 1. The zero-order chi connectivity index (χ0) is 13.8. The number of rotatable bonds is 3. The lowest BCUT2D eigenvalue weighted by atomic mass is 10.2. The van der Waals surface area contributed by atoms with Gasteiger partial charge in [0.15, 0.2) is 0 Å². The van der Waals surface area contributed by atoms with Gasteiger partial charge in [0.1, 0.15) is 4.60 Å². The van der Waals surface area contributed by atoms with Crippen LogP contribution in [0.15, 0.2) is 47.2 Å². The van der Waals surface area contributed by atoms with E-state index in [2.05, 4.69) is 26.2 Å². The molecule has 0 spiro atoms. The minimum atomic E-state index is -0.505. The zero-order valence-corrected chi connectivity index (χ0v) is 11.3. The molecule has 0 atom stereocenters. The van der Waals surface area contributed by atoms with Crippen LogP contribution in [0, 0.1) is 0 Å². The summed E-state index contributed by atoms with van der Waals surface area (Å²) in [6, 6.07) is 9.68. The number of nitrogens with one attached hydrogen (secondary N) is 1. The van der Waals surface area contributed by atoms with Gasteiger partial charge in [0.05, 0.1) is 5.56 Å². The fourth-order valence-corrected chi connectivity index (χ4v) is 1.67. The van der Waals surface area contributed by atoms with E-state index < -0.39 is 5.91 Å². The third-order valence-electron chi connectivity index (χ3n) is 2.42. The highest BCUT2D eigenvalue weighted by molar-refractivity contribution is 9.10. The number of aromatic nitrogens is 1. The Bertz CT molecular complexity index is 609. The minimum Gasteiger partial charge on any atom is -0.366 e. The monoisotopic (exact) mass is 319 g/mol. The Labute approximate surface area is 118 Å². The van der Waals surface area contributed by atoms with Crippen molar-refractivity contribution in [3.8, 4) is 0 Å². The number of carbonyl (C=O) groups is 2. The van der Waals surface area contributed by atoms with Crippen LogP contribution in [0.5, 0.6) is 0 Å². The normalized spacial score (nSPS) is 9.95. The maximum absolute atomic E-state index is 11.9. The van der Waals surface area contributed by atoms with E-state index in [0.717, 1.165) is 0 Å². The average molecular weight is 320 g/mol. The first-order chi connectivity index (χ1) is 9.06. The van der Waals surface area contributed by atoms with Gasteiger partial charge >= 0.3 is 0 Å². The summed E-state index contributed by atoms with van der Waals surface area (Å²) in [5, 5.41) is 2.70. The van der Waals surface area contributed by atoms with Crippen LogP contribution in [-0.2, 0) is 0 Å². The highest BCUT2D eigenvalue weighted by atomic mass is 79.9. The molecule has 96 valence electrons. The summed E-state index contributed by atoms with van der Waals surface area (Å²) >= 11 is 3.20. The first kappa shape index (κ1) is 13.2. The SMILES string of the molecule is NC(=O)c1ccc(NC(=O)c2ccc(Br)nc2)cc1. The summed E-state index contributed by atoms with van der Waals surface area (Å²) in [6.07, 6.45) is 1.47. The van der Waals surface area contributed by atoms with Crippen molar-refractivity contribution < 1.29 is 9.59 Å². The zero-order valence-electron chi connectivity index (χ0n) is 9.76. The van der Waals surface area contributed by atoms with E-state index in [0.29, 0.717) is 21.4 Å². The molecular formula is C13H10BrN3O2. The molecule has 1 heterocycles. The lowest BCUT2D eigenvalue weighted by Crippen LogP contribution is -2.13. The van der Waals surface area contributed by atoms with E-state index >= 15 is 0 Å². The smallest absolute Gasteiger partial charge is 0.257 e. The third-order valence-corrected chi connectivity index (χ3v) is 2.89. The van der Waals surface area contributed by atoms with Crippen molar-refractivity contribution in [3.05, 3.63) is 58.3 Å². The van der Waals surface area contributed by atoms with Gasteiger partial charge in [0.25, 0.3) is 5.91 Å². The quantitative estimate of drug-likeness (QED) is 0.850. The minimum absolute atomic E-state index is 0.271. The molecule has 1 aromatic heterocycles. The highest BCUT2D eigenvalue weighted by Crippen LogP contribution is 2.12. The molecule has 6 heteroatoms. The van der Waals surface area contributed by atoms with Gasteiger partial charge in [0, 0.05) is 17.4 Å². The molecule has 3 N–H and O–H groups in total. The molecule has 2 rings (SSSR count). The number of nitrogens with two attached hydrogens (primary N) is 1. The predicted molar refractivity (Wildman–Crippen MR) is 74.9 cm³/mol. The molecular weight excluding hydrogens is 310 g/mol. The Morgan fingerprint density at radius 3 is 2.21 bits per heavy atom. The van der Waals surface area contributed by atoms with Gasteiger partial charge in [-0.15, -0.1) is 0 Å². The lowest BCUT2D eigenvalue weighted by Gasteiger charge is -2.05. The number of hydrogen-bond acceptors (Lipinski definition) is 3. The van der Waals surface area contributed by atoms with E-state index in [9.17, 15) is 9.59 Å². The molecule has 0 unspecified atom stereocenters. The van der Waals surface area contributed by atoms with Crippen LogP contribution in [-0.4, -0.2) is 16.8 Å². The Morgan fingerprint density at radius 1 is 1.05 bits per heavy atom. The molecule has 0 fully saturated rings. The van der Waals surface area contributed by atoms with Crippen LogP contribution < -0.4 is 11.1 Å². The van der Waals surface area contributed by atoms with Gasteiger partial charge in [-0.3, -0.25) is 9.59 Å². The molecule has 2 aromatic rings. The van der Waals surface area contributed by atoms with E-state index in [1.165, 1.54) is 6.20 Å². The fourth-order valence-electron chi connectivity index (χ4n) is 1.43. The molecule has 0 aliphatic carbocycles. The molecule has 0 saturated heterocycles. The van der Waals surface area contributed by atoms with E-state index in [1.807, 2.05) is 0 Å². The molecule has 2 amide bonds. The second-order valence-corrected chi connectivity index (χ2v) is 4.58. The molecule has 0 radical (unpaired) electrons. The molecule has 5 nitrogen and oxygen atoms in total. The largest absolute Gasteiger partial charge is 0.366 e. The van der Waals surface area contributed by atoms with Crippen LogP contribution >= 0.6 is 15.9 Å². The predicted octanol–water partition coefficient (Wildman–Crippen LogP) is 2.20. The summed E-state index contributed by atoms with van der Waals surface area (Å²) in [7, 11) is 0. The Morgan fingerprint density at radius 2 is 1.68 bits per heavy atom. The summed E-state index contributed by atoms with van der Waals surface area (Å²) in [5.41, 5.74) is 6.55. The highest BCUT2D eigenvalue weighted by Gasteiger charge is 2.07. The van der Waals surface area contributed by atoms with E-state index in [4.69, 9.17) is 5.73 Å². The molecule has 0 saturated carbocycles. The first-order valence-corrected chi connectivity index (χ1v) is 6.18. The van der Waals surface area contributed by atoms with Crippen LogP contribution in [0.25, 0.3) is 0 Å². The number of primary amides is 1. The van der Waals surface area contributed by atoms with E-state index in [-0.39, 0.29) is 5.91 Å². The van der Waals surface area contributed by atoms with E-state index in [1.54, 1.807) is 36.4 Å². The van der Waals surface area contributed by atoms with Crippen molar-refractivity contribution in [2.24, 2.45) is 5.73 Å². The van der Waals surface area contributed by atoms with Gasteiger partial charge in [0.2, 0.25) is 5.91 Å². The number of benzene rings is 1. The van der Waals surface area contributed by atoms with Gasteiger partial charge in [-0.05, 0) is 52.3 Å². The first-order valence-electron chi connectivity index (χ1n) is 5.39. The van der Waals surface area contributed by atoms with Crippen molar-refractivity contribution in [2.75, 3.05) is 5.32 Å². The Balaban J connectivity index is 2.10. The van der Waals surface area contributed by atoms with Crippen molar-refractivity contribution in [3.63, 3.8) is 0 Å². The van der Waals surface area contributed by atoms with Gasteiger partial charge in [-0.2, -0.15) is 0 Å². The summed E-state index contributed by atoms with van der Waals surface area (Å²) < 4.78 is 0.662. The van der Waals surface area contributed by atoms with Crippen molar-refractivity contribution >= 4 is 33.4 Å². The molecule has 19 heavy (non-hydrogen) atoms. The number of hydrogen-bond donors (Lipinski definition) is 2. The van der Waals surface area contributed by atoms with Gasteiger partial charge in [-0.25, -0.2) is 4.98 Å². The third kappa shape index (κ3) is 3.38. The van der Waals surface area contributed by atoms with Gasteiger partial charge < -0.3 is 11.1 Å². The summed E-state index contributed by atoms with van der Waals surface area (Å²) in [4.78, 5) is 26.8. The van der Waals surface area contributed by atoms with Crippen LogP contribution in [0.1, 0.15) is 20.7 Å². The molecule has 0 aliphatic heterocycles. The molecule has 0 bridgehead atoms. The number of amides is 2. The van der Waals surface area contributed by atoms with Crippen molar-refractivity contribution in [2.45, 2.75) is 0 Å². The molecule has 0 aliphatic rings. The second-order valence-electron chi connectivity index (χ2n) is 3.77. The van der Waals surface area contributed by atoms with Gasteiger partial charge in [-0.1, -0.05) is 0 Å². The fraction of sp³-hybridized carbons (Fsp3) is 0. The Hall–Kier alpha value is -2.21. The number of nitrogens with zero attached hydrogens (tertiary/aromatic N) is 1. The lowest BCUT2D eigenvalue weighted by molar-refractivity contribution is 0.0998. The maximum Gasteiger partial charge on any atom is 0.257 e. The number of pyridine rings is 1. The summed E-state index contributed by atoms with van der Waals surface area (Å²) in [6.45, 7) is 0.